The van der Waals surface area contributed by atoms with Crippen LogP contribution in [0.2, 0.25) is 0 Å². The number of halogens is 1. The quantitative estimate of drug-likeness (QED) is 0.251. The Balaban J connectivity index is 1.40. The smallest absolute Gasteiger partial charge is 0.162 e. The van der Waals surface area contributed by atoms with Gasteiger partial charge in [-0.15, -0.1) is 0 Å². The number of allylic oxidation sites excluding steroid dienone is 5. The number of nitrogens with zero attached hydrogens (tertiary/aromatic N) is 1. The number of hydrogen-bond donors (Lipinski definition) is 1. The van der Waals surface area contributed by atoms with Crippen LogP contribution in [-0.2, 0) is 19.4 Å². The van der Waals surface area contributed by atoms with Crippen molar-refractivity contribution in [2.24, 2.45) is 0 Å². The largest absolute Gasteiger partial charge is 0.493 e. The Kier molecular flexibility index (Phi) is 7.08. The zero-order chi connectivity index (χ0) is 26.8. The summed E-state index contributed by atoms with van der Waals surface area (Å²) < 4.78 is 26.2. The molecule has 1 aromatic heterocycles. The lowest BCUT2D eigenvalue weighted by atomic mass is 9.82. The maximum absolute atomic E-state index is 14.1. The number of ether oxygens (including phenoxy) is 2. The lowest BCUT2D eigenvalue weighted by Crippen LogP contribution is -2.42. The number of benzene rings is 3. The van der Waals surface area contributed by atoms with E-state index in [9.17, 15) is 4.39 Å². The second kappa shape index (κ2) is 11.0. The summed E-state index contributed by atoms with van der Waals surface area (Å²) in [6.45, 7) is 3.19. The number of methoxy groups -OCH3 is 1. The first-order valence-electron chi connectivity index (χ1n) is 13.6. The first-order valence-corrected chi connectivity index (χ1v) is 13.6. The fourth-order valence-electron chi connectivity index (χ4n) is 6.02. The van der Waals surface area contributed by atoms with Crippen LogP contribution in [-0.4, -0.2) is 23.5 Å². The van der Waals surface area contributed by atoms with Crippen LogP contribution in [0.4, 0.5) is 4.39 Å². The minimum Gasteiger partial charge on any atom is -0.493 e. The molecule has 0 saturated carbocycles. The van der Waals surface area contributed by atoms with Gasteiger partial charge in [-0.2, -0.15) is 0 Å². The van der Waals surface area contributed by atoms with Crippen LogP contribution in [0.1, 0.15) is 47.0 Å². The lowest BCUT2D eigenvalue weighted by Gasteiger charge is -2.45. The molecule has 4 aromatic rings. The number of rotatable bonds is 7. The number of H-pyrrole nitrogens is 1. The summed E-state index contributed by atoms with van der Waals surface area (Å²) in [5, 5.41) is 1.25. The fraction of sp³-hybridized carbons (Fsp3) is 0.235. The SMILES string of the molecule is C\C=C/C(F)=C\C=C\C1c2[nH]c3ccccc3c2CC2c3cc(OCc4ccccc4)c(OC)cc3CCN12. The highest BCUT2D eigenvalue weighted by atomic mass is 19.1. The van der Waals surface area contributed by atoms with E-state index >= 15 is 0 Å². The molecule has 0 amide bonds. The van der Waals surface area contributed by atoms with Crippen molar-refractivity contribution in [3.05, 3.63) is 131 Å². The van der Waals surface area contributed by atoms with Gasteiger partial charge in [0.05, 0.1) is 13.2 Å². The summed E-state index contributed by atoms with van der Waals surface area (Å²) in [5.41, 5.74) is 7.35. The van der Waals surface area contributed by atoms with Crippen LogP contribution >= 0.6 is 0 Å². The molecule has 0 spiro atoms. The molecule has 0 saturated heterocycles. The molecule has 2 atom stereocenters. The number of aromatic nitrogens is 1. The Bertz CT molecular complexity index is 1570. The molecule has 2 aliphatic rings. The number of aromatic amines is 1. The second-order valence-electron chi connectivity index (χ2n) is 10.1. The third-order valence-corrected chi connectivity index (χ3v) is 7.83. The highest BCUT2D eigenvalue weighted by Crippen LogP contribution is 2.48. The molecule has 0 aliphatic carbocycles. The molecule has 6 rings (SSSR count). The maximum Gasteiger partial charge on any atom is 0.162 e. The molecule has 198 valence electrons. The number of para-hydroxylation sites is 1. The summed E-state index contributed by atoms with van der Waals surface area (Å²) in [4.78, 5) is 6.22. The van der Waals surface area contributed by atoms with Crippen molar-refractivity contribution < 1.29 is 13.9 Å². The highest BCUT2D eigenvalue weighted by molar-refractivity contribution is 5.85. The van der Waals surface area contributed by atoms with E-state index in [-0.39, 0.29) is 17.9 Å². The summed E-state index contributed by atoms with van der Waals surface area (Å²) in [6, 6.07) is 23.2. The van der Waals surface area contributed by atoms with Crippen molar-refractivity contribution in [1.29, 1.82) is 0 Å². The molecule has 3 heterocycles. The van der Waals surface area contributed by atoms with Gasteiger partial charge in [0.1, 0.15) is 12.4 Å². The topological polar surface area (TPSA) is 37.5 Å². The van der Waals surface area contributed by atoms with E-state index in [1.807, 2.05) is 31.2 Å². The first kappa shape index (κ1) is 25.2. The van der Waals surface area contributed by atoms with E-state index in [0.717, 1.165) is 42.0 Å². The molecule has 2 unspecified atom stereocenters. The molecule has 5 heteroatoms. The summed E-state index contributed by atoms with van der Waals surface area (Å²) in [7, 11) is 1.70. The monoisotopic (exact) mass is 520 g/mol. The minimum absolute atomic E-state index is 0.00439. The molecular formula is C34H33FN2O2. The van der Waals surface area contributed by atoms with E-state index in [0.29, 0.717) is 6.61 Å². The van der Waals surface area contributed by atoms with Gasteiger partial charge >= 0.3 is 0 Å². The van der Waals surface area contributed by atoms with E-state index < -0.39 is 0 Å². The van der Waals surface area contributed by atoms with Gasteiger partial charge in [0.25, 0.3) is 0 Å². The fourth-order valence-corrected chi connectivity index (χ4v) is 6.02. The van der Waals surface area contributed by atoms with Crippen molar-refractivity contribution in [2.75, 3.05) is 13.7 Å². The average molecular weight is 521 g/mol. The van der Waals surface area contributed by atoms with Crippen LogP contribution in [0, 0.1) is 0 Å². The Morgan fingerprint density at radius 3 is 2.72 bits per heavy atom. The third kappa shape index (κ3) is 4.90. The van der Waals surface area contributed by atoms with Crippen molar-refractivity contribution in [1.82, 2.24) is 9.88 Å². The van der Waals surface area contributed by atoms with Gasteiger partial charge in [0.2, 0.25) is 0 Å². The van der Waals surface area contributed by atoms with Gasteiger partial charge in [-0.3, -0.25) is 4.90 Å². The Morgan fingerprint density at radius 2 is 1.90 bits per heavy atom. The van der Waals surface area contributed by atoms with Crippen LogP contribution < -0.4 is 9.47 Å². The van der Waals surface area contributed by atoms with Gasteiger partial charge in [-0.1, -0.05) is 66.8 Å². The van der Waals surface area contributed by atoms with E-state index in [1.165, 1.54) is 39.9 Å². The molecule has 2 aliphatic heterocycles. The molecular weight excluding hydrogens is 487 g/mol. The standard InChI is InChI=1S/C34H33FN2O2/c1-3-10-25(35)13-9-16-30-34-28(26-14-7-8-15-29(26)36-34)20-31-27-21-33(39-22-23-11-5-4-6-12-23)32(38-2)19-24(27)17-18-37(30)31/h3-16,19,21,30-31,36H,17-18,20,22H2,1-2H3/b10-3-,16-9+,25-13+. The van der Waals surface area contributed by atoms with Gasteiger partial charge in [-0.25, -0.2) is 4.39 Å². The average Bonchev–Trinajstić information content (AvgIpc) is 3.34. The second-order valence-corrected chi connectivity index (χ2v) is 10.1. The van der Waals surface area contributed by atoms with Gasteiger partial charge in [0.15, 0.2) is 11.5 Å². The minimum atomic E-state index is -0.255. The van der Waals surface area contributed by atoms with Crippen molar-refractivity contribution in [3.63, 3.8) is 0 Å². The summed E-state index contributed by atoms with van der Waals surface area (Å²) in [5.74, 6) is 1.27. The predicted molar refractivity (Wildman–Crippen MR) is 155 cm³/mol. The third-order valence-electron chi connectivity index (χ3n) is 7.83. The van der Waals surface area contributed by atoms with E-state index in [1.54, 1.807) is 13.2 Å². The first-order chi connectivity index (χ1) is 19.2. The maximum atomic E-state index is 14.1. The lowest BCUT2D eigenvalue weighted by molar-refractivity contribution is 0.131. The van der Waals surface area contributed by atoms with Gasteiger partial charge in [0, 0.05) is 29.2 Å². The molecule has 4 nitrogen and oxygen atoms in total. The molecule has 39 heavy (non-hydrogen) atoms. The van der Waals surface area contributed by atoms with Crippen LogP contribution in [0.15, 0.2) is 103 Å². The van der Waals surface area contributed by atoms with Crippen molar-refractivity contribution >= 4 is 10.9 Å². The summed E-state index contributed by atoms with van der Waals surface area (Å²) >= 11 is 0. The molecule has 1 N–H and O–H groups in total. The number of hydrogen-bond acceptors (Lipinski definition) is 3. The van der Waals surface area contributed by atoms with Gasteiger partial charge < -0.3 is 14.5 Å². The van der Waals surface area contributed by atoms with Crippen LogP contribution in [0.3, 0.4) is 0 Å². The Hall–Kier alpha value is -4.09. The van der Waals surface area contributed by atoms with E-state index in [2.05, 4.69) is 64.5 Å². The zero-order valence-corrected chi connectivity index (χ0v) is 22.4. The highest BCUT2D eigenvalue weighted by Gasteiger charge is 2.39. The molecule has 0 bridgehead atoms. The normalized spacial score (nSPS) is 19.3. The van der Waals surface area contributed by atoms with Crippen LogP contribution in [0.25, 0.3) is 10.9 Å². The Morgan fingerprint density at radius 1 is 1.08 bits per heavy atom. The van der Waals surface area contributed by atoms with E-state index in [4.69, 9.17) is 9.47 Å². The predicted octanol–water partition coefficient (Wildman–Crippen LogP) is 7.94. The van der Waals surface area contributed by atoms with Crippen molar-refractivity contribution in [2.45, 2.75) is 38.5 Å². The molecule has 3 aromatic carbocycles. The number of nitrogens with one attached hydrogen (secondary N) is 1. The summed E-state index contributed by atoms with van der Waals surface area (Å²) in [6.07, 6.45) is 10.5. The van der Waals surface area contributed by atoms with Gasteiger partial charge in [-0.05, 0) is 72.4 Å². The van der Waals surface area contributed by atoms with Crippen molar-refractivity contribution in [3.8, 4) is 11.5 Å². The zero-order valence-electron chi connectivity index (χ0n) is 22.4. The molecule has 0 fully saturated rings. The molecule has 0 radical (unpaired) electrons. The van der Waals surface area contributed by atoms with Crippen LogP contribution in [0.5, 0.6) is 11.5 Å². The Labute approximate surface area is 229 Å². The number of fused-ring (bicyclic) bond motifs is 6.